The van der Waals surface area contributed by atoms with Gasteiger partial charge in [-0.25, -0.2) is 0 Å². The first-order valence-corrected chi connectivity index (χ1v) is 6.65. The van der Waals surface area contributed by atoms with Crippen molar-refractivity contribution in [3.63, 3.8) is 0 Å². The number of benzene rings is 3. The lowest BCUT2D eigenvalue weighted by Gasteiger charge is -2.03. The first-order valence-electron chi connectivity index (χ1n) is 6.65. The van der Waals surface area contributed by atoms with Crippen LogP contribution < -0.4 is 0 Å². The van der Waals surface area contributed by atoms with Crippen molar-refractivity contribution in [1.29, 1.82) is 0 Å². The average molecular weight is 276 g/mol. The molecule has 21 heavy (non-hydrogen) atoms. The third-order valence-electron chi connectivity index (χ3n) is 2.93. The van der Waals surface area contributed by atoms with Gasteiger partial charge in [0.2, 0.25) is 0 Å². The van der Waals surface area contributed by atoms with Crippen molar-refractivity contribution in [2.24, 2.45) is 0 Å². The fraction of sp³-hybridized carbons (Fsp3) is 0. The Labute approximate surface area is 124 Å². The molecule has 0 saturated heterocycles. The monoisotopic (exact) mass is 276 g/mol. The number of hydrogen-bond donors (Lipinski definition) is 1. The number of aromatic hydroxyl groups is 1. The highest BCUT2D eigenvalue weighted by Gasteiger charge is 2.01. The predicted molar refractivity (Wildman–Crippen MR) is 85.4 cm³/mol. The van der Waals surface area contributed by atoms with Gasteiger partial charge in [-0.05, 0) is 23.3 Å². The number of phenols is 1. The van der Waals surface area contributed by atoms with Gasteiger partial charge in [-0.2, -0.15) is 0 Å². The summed E-state index contributed by atoms with van der Waals surface area (Å²) < 4.78 is 0. The Hall–Kier alpha value is -2.87. The summed E-state index contributed by atoms with van der Waals surface area (Å²) in [5.41, 5.74) is 2.80. The van der Waals surface area contributed by atoms with Gasteiger partial charge in [-0.1, -0.05) is 72.8 Å². The number of carbonyl (C=O) groups excluding carboxylic acids is 1. The number of para-hydroxylation sites is 1. The van der Waals surface area contributed by atoms with E-state index in [1.54, 1.807) is 24.3 Å². The van der Waals surface area contributed by atoms with Crippen molar-refractivity contribution in [1.82, 2.24) is 0 Å². The van der Waals surface area contributed by atoms with Gasteiger partial charge >= 0.3 is 0 Å². The molecular weight excluding hydrogens is 260 g/mol. The summed E-state index contributed by atoms with van der Waals surface area (Å²) in [4.78, 5) is 10.8. The largest absolute Gasteiger partial charge is 0.508 e. The van der Waals surface area contributed by atoms with Crippen LogP contribution in [0.2, 0.25) is 0 Å². The molecule has 3 rings (SSSR count). The van der Waals surface area contributed by atoms with Crippen molar-refractivity contribution in [2.45, 2.75) is 0 Å². The van der Waals surface area contributed by atoms with Crippen LogP contribution >= 0.6 is 0 Å². The summed E-state index contributed by atoms with van der Waals surface area (Å²) in [6, 6.07) is 26.2. The summed E-state index contributed by atoms with van der Waals surface area (Å²) in [7, 11) is 0. The van der Waals surface area contributed by atoms with Crippen molar-refractivity contribution >= 4 is 6.29 Å². The second-order valence-electron chi connectivity index (χ2n) is 4.41. The quantitative estimate of drug-likeness (QED) is 0.697. The smallest absolute Gasteiger partial charge is 0.150 e. The van der Waals surface area contributed by atoms with Crippen LogP contribution in [0.25, 0.3) is 11.1 Å². The van der Waals surface area contributed by atoms with E-state index in [4.69, 9.17) is 5.11 Å². The molecule has 0 bridgehead atoms. The first-order chi connectivity index (χ1) is 10.3. The Morgan fingerprint density at radius 2 is 1.19 bits per heavy atom. The molecule has 1 N–H and O–H groups in total. The Balaban J connectivity index is 0.000000194. The lowest BCUT2D eigenvalue weighted by atomic mass is 10.0. The van der Waals surface area contributed by atoms with Crippen molar-refractivity contribution in [2.75, 3.05) is 0 Å². The van der Waals surface area contributed by atoms with Gasteiger partial charge in [0.15, 0.2) is 6.29 Å². The van der Waals surface area contributed by atoms with Crippen molar-refractivity contribution < 1.29 is 9.90 Å². The van der Waals surface area contributed by atoms with E-state index in [-0.39, 0.29) is 0 Å². The van der Waals surface area contributed by atoms with E-state index in [0.29, 0.717) is 5.75 Å². The fourth-order valence-corrected chi connectivity index (χ4v) is 1.91. The third kappa shape index (κ3) is 4.32. The molecule has 0 aliphatic rings. The van der Waals surface area contributed by atoms with Crippen LogP contribution in [0.3, 0.4) is 0 Å². The molecule has 3 aromatic rings. The summed E-state index contributed by atoms with van der Waals surface area (Å²) in [6.45, 7) is 0. The van der Waals surface area contributed by atoms with Crippen LogP contribution in [0.15, 0.2) is 84.9 Å². The van der Waals surface area contributed by atoms with Crippen LogP contribution in [0, 0.1) is 0 Å². The van der Waals surface area contributed by atoms with Gasteiger partial charge < -0.3 is 5.11 Å². The average Bonchev–Trinajstić information content (AvgIpc) is 2.57. The minimum absolute atomic E-state index is 0.322. The summed E-state index contributed by atoms with van der Waals surface area (Å²) in [5, 5.41) is 8.63. The Morgan fingerprint density at radius 3 is 1.71 bits per heavy atom. The highest BCUT2D eigenvalue weighted by molar-refractivity contribution is 5.87. The molecule has 2 nitrogen and oxygen atoms in total. The van der Waals surface area contributed by atoms with Gasteiger partial charge in [0.25, 0.3) is 0 Å². The SMILES string of the molecule is O=Cc1ccccc1-c1ccccc1.Oc1ccccc1. The molecule has 3 aromatic carbocycles. The molecule has 0 fully saturated rings. The minimum atomic E-state index is 0.322. The first kappa shape index (κ1) is 14.5. The van der Waals surface area contributed by atoms with Crippen LogP contribution in [-0.4, -0.2) is 11.4 Å². The van der Waals surface area contributed by atoms with E-state index in [9.17, 15) is 4.79 Å². The lowest BCUT2D eigenvalue weighted by molar-refractivity contribution is 0.112. The van der Waals surface area contributed by atoms with Crippen molar-refractivity contribution in [3.8, 4) is 16.9 Å². The molecule has 0 aromatic heterocycles. The highest BCUT2D eigenvalue weighted by Crippen LogP contribution is 2.21. The molecule has 0 aliphatic heterocycles. The molecule has 0 spiro atoms. The topological polar surface area (TPSA) is 37.3 Å². The number of carbonyl (C=O) groups is 1. The van der Waals surface area contributed by atoms with Crippen LogP contribution in [0.5, 0.6) is 5.75 Å². The maximum atomic E-state index is 10.8. The number of rotatable bonds is 2. The Bertz CT molecular complexity index is 676. The zero-order chi connectivity index (χ0) is 14.9. The highest BCUT2D eigenvalue weighted by atomic mass is 16.3. The molecule has 0 atom stereocenters. The maximum absolute atomic E-state index is 10.8. The van der Waals surface area contributed by atoms with Gasteiger partial charge in [-0.3, -0.25) is 4.79 Å². The predicted octanol–water partition coefficient (Wildman–Crippen LogP) is 4.56. The lowest BCUT2D eigenvalue weighted by Crippen LogP contribution is -1.85. The number of hydrogen-bond acceptors (Lipinski definition) is 2. The zero-order valence-corrected chi connectivity index (χ0v) is 11.5. The van der Waals surface area contributed by atoms with Crippen molar-refractivity contribution in [3.05, 3.63) is 90.5 Å². The zero-order valence-electron chi connectivity index (χ0n) is 11.5. The molecular formula is C19H16O2. The summed E-state index contributed by atoms with van der Waals surface area (Å²) in [6.07, 6.45) is 0.891. The fourth-order valence-electron chi connectivity index (χ4n) is 1.91. The van der Waals surface area contributed by atoms with E-state index >= 15 is 0 Å². The molecule has 0 unspecified atom stereocenters. The Kier molecular flexibility index (Phi) is 5.30. The standard InChI is InChI=1S/C13H10O.C6H6O/c14-10-12-8-4-5-9-13(12)11-6-2-1-3-7-11;7-6-4-2-1-3-5-6/h1-10H;1-5,7H. The number of aldehydes is 1. The maximum Gasteiger partial charge on any atom is 0.150 e. The van der Waals surface area contributed by atoms with Gasteiger partial charge in [0.05, 0.1) is 0 Å². The van der Waals surface area contributed by atoms with E-state index in [1.165, 1.54) is 0 Å². The molecule has 2 heteroatoms. The number of phenolic OH excluding ortho intramolecular Hbond substituents is 1. The van der Waals surface area contributed by atoms with Crippen LogP contribution in [0.4, 0.5) is 0 Å². The molecule has 0 heterocycles. The van der Waals surface area contributed by atoms with E-state index in [0.717, 1.165) is 23.0 Å². The summed E-state index contributed by atoms with van der Waals surface area (Å²) in [5.74, 6) is 0.322. The second-order valence-corrected chi connectivity index (χ2v) is 4.41. The van der Waals surface area contributed by atoms with Gasteiger partial charge in [-0.15, -0.1) is 0 Å². The third-order valence-corrected chi connectivity index (χ3v) is 2.93. The van der Waals surface area contributed by atoms with E-state index in [1.807, 2.05) is 60.7 Å². The normalized spacial score (nSPS) is 9.33. The van der Waals surface area contributed by atoms with Crippen LogP contribution in [0.1, 0.15) is 10.4 Å². The van der Waals surface area contributed by atoms with E-state index in [2.05, 4.69) is 0 Å². The minimum Gasteiger partial charge on any atom is -0.508 e. The second kappa shape index (κ2) is 7.65. The molecule has 0 aliphatic carbocycles. The molecule has 0 amide bonds. The van der Waals surface area contributed by atoms with Gasteiger partial charge in [0, 0.05) is 5.56 Å². The van der Waals surface area contributed by atoms with Gasteiger partial charge in [0.1, 0.15) is 5.75 Å². The molecule has 0 radical (unpaired) electrons. The Morgan fingerprint density at radius 1 is 0.667 bits per heavy atom. The molecule has 0 saturated carbocycles. The summed E-state index contributed by atoms with van der Waals surface area (Å²) >= 11 is 0. The van der Waals surface area contributed by atoms with Crippen LogP contribution in [-0.2, 0) is 0 Å². The van der Waals surface area contributed by atoms with E-state index < -0.39 is 0 Å². The molecule has 104 valence electrons.